The van der Waals surface area contributed by atoms with Gasteiger partial charge in [0.2, 0.25) is 0 Å². The predicted octanol–water partition coefficient (Wildman–Crippen LogP) is 2.73. The molecular weight excluding hydrogens is 608 g/mol. The number of carbonyl (C=O) groups is 3. The number of benzene rings is 1. The molecule has 1 aromatic carbocycles. The molecule has 3 aliphatic carbocycles. The van der Waals surface area contributed by atoms with Gasteiger partial charge in [-0.15, -0.1) is 0 Å². The Morgan fingerprint density at radius 2 is 1.77 bits per heavy atom. The van der Waals surface area contributed by atoms with Crippen molar-refractivity contribution >= 4 is 17.7 Å². The number of H-pyrrole nitrogens is 1. The Bertz CT molecular complexity index is 1520. The van der Waals surface area contributed by atoms with E-state index in [1.807, 2.05) is 37.3 Å². The molecule has 256 valence electrons. The fourth-order valence-electron chi connectivity index (χ4n) is 8.32. The van der Waals surface area contributed by atoms with E-state index >= 15 is 0 Å². The second-order valence-electron chi connectivity index (χ2n) is 14.0. The van der Waals surface area contributed by atoms with E-state index in [0.717, 1.165) is 11.4 Å². The summed E-state index contributed by atoms with van der Waals surface area (Å²) < 4.78 is 24.1. The van der Waals surface area contributed by atoms with Crippen LogP contribution >= 0.6 is 0 Å². The summed E-state index contributed by atoms with van der Waals surface area (Å²) in [5.41, 5.74) is -4.80. The lowest BCUT2D eigenvalue weighted by atomic mass is 9.44. The van der Waals surface area contributed by atoms with E-state index in [2.05, 4.69) is 9.97 Å². The highest BCUT2D eigenvalue weighted by Crippen LogP contribution is 2.64. The molecule has 6 rings (SSSR count). The van der Waals surface area contributed by atoms with Gasteiger partial charge in [-0.25, -0.2) is 4.98 Å². The van der Waals surface area contributed by atoms with Gasteiger partial charge in [0.15, 0.2) is 17.5 Å². The number of esters is 2. The van der Waals surface area contributed by atoms with Crippen LogP contribution in [0.4, 0.5) is 0 Å². The number of nitrogens with zero attached hydrogens (tertiary/aromatic N) is 1. The normalized spacial score (nSPS) is 37.1. The number of imidazole rings is 1. The largest absolute Gasteiger partial charge is 0.454 e. The minimum Gasteiger partial charge on any atom is -0.454 e. The van der Waals surface area contributed by atoms with Crippen LogP contribution < -0.4 is 0 Å². The van der Waals surface area contributed by atoms with Gasteiger partial charge in [0.1, 0.15) is 17.5 Å². The SMILES string of the molecule is CC(=O)O[C@H]1C(=O)[C@@]2(C)C(C(OCc3ccccc3)[C@]3(O)C[C@H](O)C(C)=C1C3(C)C)[C@]1(OC(C)=O)CO[C@@H]1C[C@@H]2O.Cc1ncc[nH]1. The first-order valence-electron chi connectivity index (χ1n) is 15.9. The lowest BCUT2D eigenvalue weighted by Crippen LogP contribution is -2.81. The number of hydrogen-bond donors (Lipinski definition) is 4. The van der Waals surface area contributed by atoms with Gasteiger partial charge in [0, 0.05) is 50.4 Å². The summed E-state index contributed by atoms with van der Waals surface area (Å²) in [6.45, 7) is 11.0. The van der Waals surface area contributed by atoms with E-state index in [9.17, 15) is 29.7 Å². The van der Waals surface area contributed by atoms with Gasteiger partial charge < -0.3 is 39.3 Å². The van der Waals surface area contributed by atoms with Crippen molar-refractivity contribution in [2.75, 3.05) is 6.61 Å². The average Bonchev–Trinajstić information content (AvgIpc) is 3.48. The number of Topliss-reactive ketones (excluding diaryl/α,β-unsaturated/α-hetero) is 1. The Kier molecular flexibility index (Phi) is 9.32. The van der Waals surface area contributed by atoms with Crippen molar-refractivity contribution in [3.8, 4) is 0 Å². The highest BCUT2D eigenvalue weighted by atomic mass is 16.6. The molecule has 9 atom stereocenters. The number of nitrogens with one attached hydrogen (secondary N) is 1. The van der Waals surface area contributed by atoms with E-state index in [4.69, 9.17) is 18.9 Å². The van der Waals surface area contributed by atoms with E-state index in [1.54, 1.807) is 40.1 Å². The maximum Gasteiger partial charge on any atom is 0.303 e. The first-order chi connectivity index (χ1) is 22.0. The summed E-state index contributed by atoms with van der Waals surface area (Å²) in [6, 6.07) is 9.28. The fourth-order valence-corrected chi connectivity index (χ4v) is 8.32. The lowest BCUT2D eigenvalue weighted by molar-refractivity contribution is -0.351. The Morgan fingerprint density at radius 1 is 1.09 bits per heavy atom. The molecule has 0 amide bonds. The molecule has 4 aliphatic rings. The topological polar surface area (TPSA) is 177 Å². The number of fused-ring (bicyclic) bond motifs is 5. The maximum atomic E-state index is 14.8. The molecule has 1 aromatic heterocycles. The zero-order valence-corrected chi connectivity index (χ0v) is 28.0. The second-order valence-corrected chi connectivity index (χ2v) is 14.0. The molecule has 2 bridgehead atoms. The molecular formula is C35H46N2O10. The number of rotatable bonds is 5. The summed E-state index contributed by atoms with van der Waals surface area (Å²) in [5.74, 6) is -2.13. The van der Waals surface area contributed by atoms with Gasteiger partial charge in [-0.3, -0.25) is 14.4 Å². The minimum atomic E-state index is -1.87. The monoisotopic (exact) mass is 654 g/mol. The molecule has 2 saturated carbocycles. The number of ketones is 1. The highest BCUT2D eigenvalue weighted by Gasteiger charge is 2.77. The number of ether oxygens (including phenoxy) is 4. The third-order valence-corrected chi connectivity index (χ3v) is 10.9. The third kappa shape index (κ3) is 5.63. The van der Waals surface area contributed by atoms with Crippen molar-refractivity contribution in [2.24, 2.45) is 16.7 Å². The third-order valence-electron chi connectivity index (χ3n) is 10.9. The summed E-state index contributed by atoms with van der Waals surface area (Å²) in [6.07, 6.45) is -2.66. The lowest BCUT2D eigenvalue weighted by Gasteiger charge is -2.67. The van der Waals surface area contributed by atoms with Crippen LogP contribution in [0.5, 0.6) is 0 Å². The molecule has 12 heteroatoms. The van der Waals surface area contributed by atoms with Gasteiger partial charge >= 0.3 is 11.9 Å². The van der Waals surface area contributed by atoms with Crippen LogP contribution in [0.1, 0.15) is 65.8 Å². The van der Waals surface area contributed by atoms with Crippen molar-refractivity contribution in [3.63, 3.8) is 0 Å². The number of aryl methyl sites for hydroxylation is 1. The smallest absolute Gasteiger partial charge is 0.303 e. The van der Waals surface area contributed by atoms with E-state index in [1.165, 1.54) is 13.8 Å². The van der Waals surface area contributed by atoms with Crippen molar-refractivity contribution in [3.05, 3.63) is 65.3 Å². The number of aromatic nitrogens is 2. The number of carbonyl (C=O) groups excluding carboxylic acids is 3. The zero-order valence-electron chi connectivity index (χ0n) is 28.0. The van der Waals surface area contributed by atoms with Gasteiger partial charge in [0.25, 0.3) is 0 Å². The first kappa shape index (κ1) is 34.9. The Balaban J connectivity index is 0.000000650. The summed E-state index contributed by atoms with van der Waals surface area (Å²) in [4.78, 5) is 46.5. The van der Waals surface area contributed by atoms with Crippen LogP contribution in [0.2, 0.25) is 0 Å². The molecule has 12 nitrogen and oxygen atoms in total. The number of hydrogen-bond acceptors (Lipinski definition) is 11. The quantitative estimate of drug-likeness (QED) is 0.275. The molecule has 2 unspecified atom stereocenters. The Hall–Kier alpha value is -3.42. The van der Waals surface area contributed by atoms with Crippen molar-refractivity contribution < 1.29 is 48.7 Å². The molecule has 47 heavy (non-hydrogen) atoms. The summed E-state index contributed by atoms with van der Waals surface area (Å²) >= 11 is 0. The van der Waals surface area contributed by atoms with Crippen molar-refractivity contribution in [2.45, 2.75) is 110 Å². The molecule has 1 saturated heterocycles. The van der Waals surface area contributed by atoms with Crippen LogP contribution in [-0.4, -0.2) is 91.3 Å². The van der Waals surface area contributed by atoms with Crippen LogP contribution in [0.15, 0.2) is 53.9 Å². The number of aromatic amines is 1. The fraction of sp³-hybridized carbons (Fsp3) is 0.600. The second kappa shape index (κ2) is 12.6. The van der Waals surface area contributed by atoms with E-state index in [-0.39, 0.29) is 31.6 Å². The molecule has 0 spiro atoms. The van der Waals surface area contributed by atoms with Crippen molar-refractivity contribution in [1.82, 2.24) is 9.97 Å². The molecule has 0 radical (unpaired) electrons. The minimum absolute atomic E-state index is 0.0211. The van der Waals surface area contributed by atoms with E-state index in [0.29, 0.717) is 5.57 Å². The van der Waals surface area contributed by atoms with Gasteiger partial charge in [0.05, 0.1) is 36.9 Å². The van der Waals surface area contributed by atoms with E-state index < -0.39 is 76.2 Å². The first-order valence-corrected chi connectivity index (χ1v) is 15.9. The van der Waals surface area contributed by atoms with Crippen LogP contribution in [0.3, 0.4) is 0 Å². The van der Waals surface area contributed by atoms with Crippen LogP contribution in [-0.2, 0) is 39.9 Å². The van der Waals surface area contributed by atoms with Crippen molar-refractivity contribution in [1.29, 1.82) is 0 Å². The molecule has 2 heterocycles. The van der Waals surface area contributed by atoms with Gasteiger partial charge in [-0.1, -0.05) is 44.2 Å². The summed E-state index contributed by atoms with van der Waals surface area (Å²) in [5, 5.41) is 35.9. The standard InChI is InChI=1S/C31H40O10.C4H6N2/c1-16-20(34)13-31(37)27(38-14-19-10-8-7-9-11-19)25-29(6,21(35)12-22-30(25,15-39-22)41-18(3)33)26(36)24(40-17(2)32)23(16)28(31,4)5;1-4-5-2-3-6-4/h7-11,20-22,24-25,27,34-35,37H,12-15H2,1-6H3;2-3H,1H3,(H,5,6)/t20-,21-,22+,24+,25?,27?,29+,30-,31+;/m0./s1. The average molecular weight is 655 g/mol. The zero-order chi connectivity index (χ0) is 34.5. The van der Waals surface area contributed by atoms with Gasteiger partial charge in [-0.2, -0.15) is 0 Å². The predicted molar refractivity (Wildman–Crippen MR) is 167 cm³/mol. The maximum absolute atomic E-state index is 14.8. The Morgan fingerprint density at radius 3 is 2.28 bits per heavy atom. The molecule has 4 N–H and O–H groups in total. The molecule has 3 fully saturated rings. The number of aliphatic hydroxyl groups excluding tert-OH is 2. The molecule has 1 aliphatic heterocycles. The number of aliphatic hydroxyl groups is 3. The van der Waals surface area contributed by atoms with Crippen LogP contribution in [0, 0.1) is 23.7 Å². The summed E-state index contributed by atoms with van der Waals surface area (Å²) in [7, 11) is 0. The Labute approximate surface area is 274 Å². The highest BCUT2D eigenvalue weighted by molar-refractivity contribution is 5.95. The van der Waals surface area contributed by atoms with Gasteiger partial charge in [-0.05, 0) is 37.5 Å². The van der Waals surface area contributed by atoms with Crippen LogP contribution in [0.25, 0.3) is 0 Å². The molecule has 2 aromatic rings.